The van der Waals surface area contributed by atoms with Crippen molar-refractivity contribution in [2.75, 3.05) is 34.4 Å². The van der Waals surface area contributed by atoms with Gasteiger partial charge in [-0.15, -0.1) is 0 Å². The van der Waals surface area contributed by atoms with Crippen LogP contribution in [0.15, 0.2) is 35.3 Å². The number of hydrogen-bond acceptors (Lipinski definition) is 6. The van der Waals surface area contributed by atoms with Crippen molar-refractivity contribution in [3.63, 3.8) is 0 Å². The molecule has 3 aromatic rings. The summed E-state index contributed by atoms with van der Waals surface area (Å²) in [6.07, 6.45) is -10.5. The van der Waals surface area contributed by atoms with E-state index in [0.29, 0.717) is 24.2 Å². The summed E-state index contributed by atoms with van der Waals surface area (Å²) in [5.74, 6) is -6.17. The first-order valence-corrected chi connectivity index (χ1v) is 17.2. The van der Waals surface area contributed by atoms with Gasteiger partial charge in [0.2, 0.25) is 5.91 Å². The first-order chi connectivity index (χ1) is 25.0. The second-order valence-corrected chi connectivity index (χ2v) is 13.7. The molecule has 298 valence electrons. The third-order valence-corrected chi connectivity index (χ3v) is 8.85. The van der Waals surface area contributed by atoms with Crippen LogP contribution in [0.5, 0.6) is 5.75 Å². The molecule has 1 heterocycles. The monoisotopic (exact) mass is 775 g/mol. The van der Waals surface area contributed by atoms with Gasteiger partial charge in [-0.3, -0.25) is 14.4 Å². The van der Waals surface area contributed by atoms with Crippen molar-refractivity contribution in [1.29, 1.82) is 0 Å². The number of halogens is 8. The lowest BCUT2D eigenvalue weighted by Crippen LogP contribution is -2.41. The van der Waals surface area contributed by atoms with E-state index in [2.05, 4.69) is 5.32 Å². The number of aryl methyl sites for hydroxylation is 2. The molecule has 0 saturated heterocycles. The molecular weight excluding hydrogens is 730 g/mol. The van der Waals surface area contributed by atoms with Crippen LogP contribution in [-0.2, 0) is 33.1 Å². The number of rotatable bonds is 15. The number of amides is 1. The van der Waals surface area contributed by atoms with Gasteiger partial charge in [0.05, 0.1) is 37.3 Å². The predicted molar refractivity (Wildman–Crippen MR) is 186 cm³/mol. The fourth-order valence-corrected chi connectivity index (χ4v) is 6.37. The highest BCUT2D eigenvalue weighted by Crippen LogP contribution is 2.43. The number of methoxy groups -OCH3 is 1. The fourth-order valence-electron chi connectivity index (χ4n) is 6.37. The van der Waals surface area contributed by atoms with E-state index in [4.69, 9.17) is 9.47 Å². The quantitative estimate of drug-likeness (QED) is 0.123. The van der Waals surface area contributed by atoms with E-state index < -0.39 is 88.1 Å². The van der Waals surface area contributed by atoms with Crippen LogP contribution < -0.4 is 15.6 Å². The minimum Gasteiger partial charge on any atom is -0.496 e. The minimum absolute atomic E-state index is 0.0596. The van der Waals surface area contributed by atoms with Crippen LogP contribution in [0.1, 0.15) is 85.5 Å². The van der Waals surface area contributed by atoms with Crippen LogP contribution in [0.2, 0.25) is 0 Å². The normalized spacial score (nSPS) is 13.3. The molecule has 1 amide bonds. The van der Waals surface area contributed by atoms with E-state index >= 15 is 8.78 Å². The van der Waals surface area contributed by atoms with E-state index in [1.807, 2.05) is 0 Å². The lowest BCUT2D eigenvalue weighted by molar-refractivity contribution is -0.144. The Balaban J connectivity index is 2.33. The van der Waals surface area contributed by atoms with Crippen molar-refractivity contribution in [3.8, 4) is 16.9 Å². The number of ether oxygens (including phenoxy) is 2. The van der Waals surface area contributed by atoms with Gasteiger partial charge in [-0.05, 0) is 101 Å². The Bertz CT molecular complexity index is 1890. The van der Waals surface area contributed by atoms with Crippen LogP contribution >= 0.6 is 0 Å². The van der Waals surface area contributed by atoms with E-state index in [9.17, 15) is 40.7 Å². The highest BCUT2D eigenvalue weighted by Gasteiger charge is 2.41. The summed E-state index contributed by atoms with van der Waals surface area (Å²) in [6, 6.07) is -0.121. The van der Waals surface area contributed by atoms with E-state index in [1.54, 1.807) is 32.8 Å². The zero-order valence-electron chi connectivity index (χ0n) is 31.3. The third-order valence-electron chi connectivity index (χ3n) is 8.85. The molecule has 0 aliphatic rings. The molecule has 0 aliphatic heterocycles. The number of pyridine rings is 1. The van der Waals surface area contributed by atoms with Gasteiger partial charge in [-0.25, -0.2) is 8.78 Å². The Labute approximate surface area is 308 Å². The van der Waals surface area contributed by atoms with Gasteiger partial charge in [-0.1, -0.05) is 19.9 Å². The van der Waals surface area contributed by atoms with Crippen LogP contribution in [0.3, 0.4) is 0 Å². The number of carbonyl (C=O) groups is 2. The summed E-state index contributed by atoms with van der Waals surface area (Å²) in [5, 5.41) is 2.27. The van der Waals surface area contributed by atoms with Gasteiger partial charge in [0.1, 0.15) is 23.4 Å². The average Bonchev–Trinajstić information content (AvgIpc) is 3.04. The molecule has 3 rings (SSSR count). The maximum atomic E-state index is 16.8. The van der Waals surface area contributed by atoms with Gasteiger partial charge in [0.25, 0.3) is 5.56 Å². The van der Waals surface area contributed by atoms with Crippen molar-refractivity contribution in [2.24, 2.45) is 5.92 Å². The molecule has 8 nitrogen and oxygen atoms in total. The largest absolute Gasteiger partial charge is 0.496 e. The zero-order valence-corrected chi connectivity index (χ0v) is 31.3. The standard InChI is InChI=1S/C38H45F8N3O5/c1-9-54-31(51)18-27(33-34(39)24(16-26(35(33)40)38(44,45)46)32-21(4)12-13-29(53-8)22(32)5)47-36(52)28(15-20(2)3)49-19-23(11-10-14-48(6)7)25(17-30(49)50)37(41,42)43/h12-13,16-17,19-20,27-28H,9-11,14-15,18H2,1-8H3,(H,47,52). The Morgan fingerprint density at radius 2 is 1.59 bits per heavy atom. The highest BCUT2D eigenvalue weighted by molar-refractivity contribution is 5.82. The van der Waals surface area contributed by atoms with Crippen molar-refractivity contribution in [2.45, 2.75) is 84.7 Å². The Kier molecular flexibility index (Phi) is 14.5. The zero-order chi connectivity index (χ0) is 40.9. The molecule has 2 aromatic carbocycles. The second kappa shape index (κ2) is 17.8. The van der Waals surface area contributed by atoms with Crippen molar-refractivity contribution in [3.05, 3.63) is 85.8 Å². The Morgan fingerprint density at radius 3 is 2.13 bits per heavy atom. The first-order valence-electron chi connectivity index (χ1n) is 17.2. The SMILES string of the molecule is CCOC(=O)CC(NC(=O)C(CC(C)C)n1cc(CCCN(C)C)c(C(F)(F)F)cc1=O)c1c(F)c(-c2c(C)ccc(OC)c2C)cc(C(F)(F)F)c1F. The summed E-state index contributed by atoms with van der Waals surface area (Å²) >= 11 is 0. The number of hydrogen-bond donors (Lipinski definition) is 1. The van der Waals surface area contributed by atoms with Crippen LogP contribution in [0.4, 0.5) is 35.1 Å². The van der Waals surface area contributed by atoms with Crippen LogP contribution in [0.25, 0.3) is 11.1 Å². The molecular formula is C38H45F8N3O5. The smallest absolute Gasteiger partial charge is 0.419 e. The topological polar surface area (TPSA) is 89.9 Å². The molecule has 0 aliphatic carbocycles. The fraction of sp³-hybridized carbons (Fsp3) is 0.500. The van der Waals surface area contributed by atoms with E-state index in [-0.39, 0.29) is 48.3 Å². The summed E-state index contributed by atoms with van der Waals surface area (Å²) in [7, 11) is 4.74. The lowest BCUT2D eigenvalue weighted by Gasteiger charge is -2.28. The molecule has 16 heteroatoms. The number of carbonyl (C=O) groups excluding carboxylic acids is 2. The van der Waals surface area contributed by atoms with Gasteiger partial charge in [-0.2, -0.15) is 26.3 Å². The van der Waals surface area contributed by atoms with Crippen molar-refractivity contribution >= 4 is 11.9 Å². The molecule has 0 bridgehead atoms. The van der Waals surface area contributed by atoms with Crippen molar-refractivity contribution < 1.29 is 54.2 Å². The molecule has 2 unspecified atom stereocenters. The maximum Gasteiger partial charge on any atom is 0.419 e. The van der Waals surface area contributed by atoms with Gasteiger partial charge >= 0.3 is 18.3 Å². The van der Waals surface area contributed by atoms with Gasteiger partial charge in [0.15, 0.2) is 0 Å². The Morgan fingerprint density at radius 1 is 0.963 bits per heavy atom. The number of benzene rings is 2. The summed E-state index contributed by atoms with van der Waals surface area (Å²) in [4.78, 5) is 42.0. The first kappa shape index (κ1) is 43.9. The molecule has 2 atom stereocenters. The molecule has 1 aromatic heterocycles. The van der Waals surface area contributed by atoms with Crippen LogP contribution in [-0.4, -0.2) is 55.7 Å². The van der Waals surface area contributed by atoms with Crippen LogP contribution in [0, 0.1) is 31.4 Å². The second-order valence-electron chi connectivity index (χ2n) is 13.7. The Hall–Kier alpha value is -4.47. The molecule has 1 N–H and O–H groups in total. The molecule has 54 heavy (non-hydrogen) atoms. The van der Waals surface area contributed by atoms with Gasteiger partial charge in [0, 0.05) is 23.4 Å². The average molecular weight is 776 g/mol. The molecule has 0 radical (unpaired) electrons. The van der Waals surface area contributed by atoms with E-state index in [1.165, 1.54) is 40.0 Å². The number of nitrogens with zero attached hydrogens (tertiary/aromatic N) is 2. The molecule has 0 spiro atoms. The number of nitrogens with one attached hydrogen (secondary N) is 1. The van der Waals surface area contributed by atoms with E-state index in [0.717, 1.165) is 10.8 Å². The number of aromatic nitrogens is 1. The highest BCUT2D eigenvalue weighted by atomic mass is 19.4. The summed E-state index contributed by atoms with van der Waals surface area (Å²) < 4.78 is 129. The number of esters is 1. The summed E-state index contributed by atoms with van der Waals surface area (Å²) in [6.45, 7) is 7.81. The predicted octanol–water partition coefficient (Wildman–Crippen LogP) is 8.35. The third kappa shape index (κ3) is 10.4. The molecule has 0 fully saturated rings. The minimum atomic E-state index is -5.38. The number of alkyl halides is 6. The van der Waals surface area contributed by atoms with Crippen molar-refractivity contribution in [1.82, 2.24) is 14.8 Å². The lowest BCUT2D eigenvalue weighted by atomic mass is 9.88. The van der Waals surface area contributed by atoms with Gasteiger partial charge < -0.3 is 24.3 Å². The summed E-state index contributed by atoms with van der Waals surface area (Å²) in [5.41, 5.74) is -6.16. The molecule has 0 saturated carbocycles. The maximum absolute atomic E-state index is 16.8.